The molecule has 0 aromatic carbocycles. The molecule has 1 aliphatic heterocycles. The van der Waals surface area contributed by atoms with Crippen LogP contribution in [0.2, 0.25) is 0 Å². The summed E-state index contributed by atoms with van der Waals surface area (Å²) in [6, 6.07) is 5.04. The largest absolute Gasteiger partial charge is 0.368 e. The number of rotatable bonds is 4. The Kier molecular flexibility index (Phi) is 3.27. The summed E-state index contributed by atoms with van der Waals surface area (Å²) in [7, 11) is 0. The third-order valence-corrected chi connectivity index (χ3v) is 3.90. The minimum atomic E-state index is 0.722. The van der Waals surface area contributed by atoms with E-state index >= 15 is 0 Å². The highest BCUT2D eigenvalue weighted by molar-refractivity contribution is 5.46. The highest BCUT2D eigenvalue weighted by Gasteiger charge is 2.28. The molecule has 1 N–H and O–H groups in total. The lowest BCUT2D eigenvalue weighted by Crippen LogP contribution is -2.44. The molecule has 1 saturated carbocycles. The van der Waals surface area contributed by atoms with E-state index in [1.807, 2.05) is 12.4 Å². The van der Waals surface area contributed by atoms with Gasteiger partial charge in [-0.3, -0.25) is 4.98 Å². The maximum absolute atomic E-state index is 4.13. The van der Waals surface area contributed by atoms with Gasteiger partial charge in [-0.15, -0.1) is 0 Å². The SMILES string of the molecule is c1cc(N(CC2CC2)C2CCNCC2)ccn1. The first-order chi connectivity index (χ1) is 8.43. The van der Waals surface area contributed by atoms with Gasteiger partial charge >= 0.3 is 0 Å². The summed E-state index contributed by atoms with van der Waals surface area (Å²) >= 11 is 0. The summed E-state index contributed by atoms with van der Waals surface area (Å²) in [5.74, 6) is 0.943. The second-order valence-electron chi connectivity index (χ2n) is 5.28. The van der Waals surface area contributed by atoms with Crippen molar-refractivity contribution in [3.8, 4) is 0 Å². The van der Waals surface area contributed by atoms with Crippen molar-refractivity contribution in [3.05, 3.63) is 24.5 Å². The molecule has 3 nitrogen and oxygen atoms in total. The van der Waals surface area contributed by atoms with Crippen LogP contribution >= 0.6 is 0 Å². The van der Waals surface area contributed by atoms with E-state index in [9.17, 15) is 0 Å². The zero-order chi connectivity index (χ0) is 11.5. The first kappa shape index (κ1) is 11.0. The molecule has 0 atom stereocenters. The van der Waals surface area contributed by atoms with Gasteiger partial charge in [-0.1, -0.05) is 0 Å². The van der Waals surface area contributed by atoms with E-state index in [0.717, 1.165) is 25.0 Å². The lowest BCUT2D eigenvalue weighted by molar-refractivity contribution is 0.425. The van der Waals surface area contributed by atoms with Gasteiger partial charge in [0, 0.05) is 30.7 Å². The highest BCUT2D eigenvalue weighted by Crippen LogP contribution is 2.33. The summed E-state index contributed by atoms with van der Waals surface area (Å²) in [4.78, 5) is 6.75. The Bertz CT molecular complexity index is 342. The Balaban J connectivity index is 1.75. The molecular formula is C14H21N3. The molecule has 1 aliphatic carbocycles. The fourth-order valence-electron chi connectivity index (χ4n) is 2.70. The van der Waals surface area contributed by atoms with E-state index < -0.39 is 0 Å². The first-order valence-electron chi connectivity index (χ1n) is 6.81. The molecule has 2 heterocycles. The van der Waals surface area contributed by atoms with E-state index in [4.69, 9.17) is 0 Å². The van der Waals surface area contributed by atoms with Crippen molar-refractivity contribution >= 4 is 5.69 Å². The molecule has 3 heteroatoms. The van der Waals surface area contributed by atoms with Crippen LogP contribution in [0, 0.1) is 5.92 Å². The Hall–Kier alpha value is -1.09. The Morgan fingerprint density at radius 3 is 2.47 bits per heavy atom. The van der Waals surface area contributed by atoms with Crippen LogP contribution in [0.15, 0.2) is 24.5 Å². The molecule has 3 rings (SSSR count). The lowest BCUT2D eigenvalue weighted by atomic mass is 10.0. The van der Waals surface area contributed by atoms with Crippen LogP contribution in [0.3, 0.4) is 0 Å². The number of hydrogen-bond acceptors (Lipinski definition) is 3. The third kappa shape index (κ3) is 2.78. The zero-order valence-electron chi connectivity index (χ0n) is 10.3. The van der Waals surface area contributed by atoms with Crippen molar-refractivity contribution in [1.29, 1.82) is 0 Å². The average Bonchev–Trinajstić information content (AvgIpc) is 3.22. The van der Waals surface area contributed by atoms with E-state index in [0.29, 0.717) is 0 Å². The van der Waals surface area contributed by atoms with Crippen molar-refractivity contribution in [1.82, 2.24) is 10.3 Å². The van der Waals surface area contributed by atoms with Crippen molar-refractivity contribution in [2.24, 2.45) is 5.92 Å². The quantitative estimate of drug-likeness (QED) is 0.859. The molecule has 92 valence electrons. The van der Waals surface area contributed by atoms with Gasteiger partial charge in [0.2, 0.25) is 0 Å². The normalized spacial score (nSPS) is 21.4. The molecule has 0 spiro atoms. The Morgan fingerprint density at radius 2 is 1.82 bits per heavy atom. The van der Waals surface area contributed by atoms with Gasteiger partial charge in [-0.2, -0.15) is 0 Å². The first-order valence-corrected chi connectivity index (χ1v) is 6.81. The van der Waals surface area contributed by atoms with Crippen molar-refractivity contribution in [2.75, 3.05) is 24.5 Å². The number of piperidine rings is 1. The van der Waals surface area contributed by atoms with Crippen LogP contribution in [-0.4, -0.2) is 30.7 Å². The standard InChI is InChI=1S/C14H21N3/c1-2-12(1)11-17(13-3-7-15-8-4-13)14-5-9-16-10-6-14/h3-4,7-8,12,14,16H,1-2,5-6,9-11H2. The number of anilines is 1. The van der Waals surface area contributed by atoms with Crippen LogP contribution in [0.5, 0.6) is 0 Å². The van der Waals surface area contributed by atoms with Crippen molar-refractivity contribution < 1.29 is 0 Å². The predicted molar refractivity (Wildman–Crippen MR) is 70.2 cm³/mol. The summed E-state index contributed by atoms with van der Waals surface area (Å²) < 4.78 is 0. The van der Waals surface area contributed by atoms with Gasteiger partial charge in [-0.05, 0) is 56.8 Å². The van der Waals surface area contributed by atoms with Gasteiger partial charge < -0.3 is 10.2 Å². The summed E-state index contributed by atoms with van der Waals surface area (Å²) in [5.41, 5.74) is 1.36. The highest BCUT2D eigenvalue weighted by atomic mass is 15.2. The van der Waals surface area contributed by atoms with Gasteiger partial charge in [0.15, 0.2) is 0 Å². The second kappa shape index (κ2) is 5.05. The van der Waals surface area contributed by atoms with E-state index in [2.05, 4.69) is 27.3 Å². The Labute approximate surface area is 103 Å². The van der Waals surface area contributed by atoms with Crippen molar-refractivity contribution in [3.63, 3.8) is 0 Å². The zero-order valence-corrected chi connectivity index (χ0v) is 10.3. The molecule has 1 aromatic heterocycles. The molecule has 0 bridgehead atoms. The van der Waals surface area contributed by atoms with Gasteiger partial charge in [0.05, 0.1) is 0 Å². The molecule has 2 aliphatic rings. The van der Waals surface area contributed by atoms with E-state index in [-0.39, 0.29) is 0 Å². The van der Waals surface area contributed by atoms with E-state index in [1.165, 1.54) is 37.9 Å². The number of nitrogens with zero attached hydrogens (tertiary/aromatic N) is 2. The predicted octanol–water partition coefficient (Wildman–Crippen LogP) is 2.05. The van der Waals surface area contributed by atoms with Gasteiger partial charge in [-0.25, -0.2) is 0 Å². The monoisotopic (exact) mass is 231 g/mol. The average molecular weight is 231 g/mol. The van der Waals surface area contributed by atoms with Crippen molar-refractivity contribution in [2.45, 2.75) is 31.7 Å². The fourth-order valence-corrected chi connectivity index (χ4v) is 2.70. The lowest BCUT2D eigenvalue weighted by Gasteiger charge is -2.36. The van der Waals surface area contributed by atoms with Gasteiger partial charge in [0.25, 0.3) is 0 Å². The maximum atomic E-state index is 4.13. The molecular weight excluding hydrogens is 210 g/mol. The number of hydrogen-bond donors (Lipinski definition) is 1. The molecule has 17 heavy (non-hydrogen) atoms. The summed E-state index contributed by atoms with van der Waals surface area (Å²) in [6.07, 6.45) is 9.22. The Morgan fingerprint density at radius 1 is 1.12 bits per heavy atom. The maximum Gasteiger partial charge on any atom is 0.0399 e. The van der Waals surface area contributed by atoms with Crippen LogP contribution in [-0.2, 0) is 0 Å². The smallest absolute Gasteiger partial charge is 0.0399 e. The fraction of sp³-hybridized carbons (Fsp3) is 0.643. The third-order valence-electron chi connectivity index (χ3n) is 3.90. The second-order valence-corrected chi connectivity index (χ2v) is 5.28. The summed E-state index contributed by atoms with van der Waals surface area (Å²) in [5, 5.41) is 3.45. The molecule has 1 saturated heterocycles. The van der Waals surface area contributed by atoms with Crippen LogP contribution in [0.4, 0.5) is 5.69 Å². The number of nitrogens with one attached hydrogen (secondary N) is 1. The molecule has 1 aromatic rings. The molecule has 0 radical (unpaired) electrons. The summed E-state index contributed by atoms with van der Waals surface area (Å²) in [6.45, 7) is 3.57. The van der Waals surface area contributed by atoms with Crippen LogP contribution < -0.4 is 10.2 Å². The van der Waals surface area contributed by atoms with Crippen LogP contribution in [0.25, 0.3) is 0 Å². The van der Waals surface area contributed by atoms with Gasteiger partial charge in [0.1, 0.15) is 0 Å². The minimum absolute atomic E-state index is 0.722. The minimum Gasteiger partial charge on any atom is -0.368 e. The number of aromatic nitrogens is 1. The van der Waals surface area contributed by atoms with E-state index in [1.54, 1.807) is 0 Å². The molecule has 0 unspecified atom stereocenters. The molecule has 2 fully saturated rings. The topological polar surface area (TPSA) is 28.2 Å². The number of pyridine rings is 1. The molecule has 0 amide bonds. The van der Waals surface area contributed by atoms with Crippen LogP contribution in [0.1, 0.15) is 25.7 Å².